The molecule has 3 aliphatic rings. The quantitative estimate of drug-likeness (QED) is 0.682. The van der Waals surface area contributed by atoms with E-state index in [1.54, 1.807) is 11.0 Å². The Hall–Kier alpha value is -2.74. The number of nitrogens with one attached hydrogen (secondary N) is 1. The van der Waals surface area contributed by atoms with Crippen molar-refractivity contribution in [2.75, 3.05) is 36.9 Å². The van der Waals surface area contributed by atoms with Gasteiger partial charge in [-0.15, -0.1) is 0 Å². The van der Waals surface area contributed by atoms with E-state index in [9.17, 15) is 14.7 Å². The number of anilines is 3. The average Bonchev–Trinajstić information content (AvgIpc) is 2.99. The number of nitrogens with zero attached hydrogens (tertiary/aromatic N) is 3. The Bertz CT molecular complexity index is 1070. The third-order valence-corrected chi connectivity index (χ3v) is 7.91. The molecule has 35 heavy (non-hydrogen) atoms. The Morgan fingerprint density at radius 2 is 1.71 bits per heavy atom. The van der Waals surface area contributed by atoms with E-state index in [2.05, 4.69) is 22.2 Å². The Morgan fingerprint density at radius 1 is 1.00 bits per heavy atom. The molecule has 1 saturated carbocycles. The third-order valence-electron chi connectivity index (χ3n) is 7.91. The van der Waals surface area contributed by atoms with Crippen LogP contribution >= 0.6 is 0 Å². The van der Waals surface area contributed by atoms with Gasteiger partial charge in [-0.3, -0.25) is 19.4 Å². The second kappa shape index (κ2) is 10.5. The fraction of sp³-hybridized carbons (Fsp3) is 0.500. The molecular formula is C28H36N4O3. The number of hydrogen-bond acceptors (Lipinski definition) is 5. The van der Waals surface area contributed by atoms with Crippen molar-refractivity contribution in [3.63, 3.8) is 0 Å². The fourth-order valence-corrected chi connectivity index (χ4v) is 5.92. The minimum absolute atomic E-state index is 0.0169. The maximum absolute atomic E-state index is 13.9. The minimum Gasteiger partial charge on any atom is -0.393 e. The largest absolute Gasteiger partial charge is 0.393 e. The molecular weight excluding hydrogens is 440 g/mol. The highest BCUT2D eigenvalue weighted by Gasteiger charge is 2.33. The van der Waals surface area contributed by atoms with Crippen LogP contribution < -0.4 is 10.2 Å². The van der Waals surface area contributed by atoms with E-state index in [-0.39, 0.29) is 17.9 Å². The van der Waals surface area contributed by atoms with E-state index in [4.69, 9.17) is 0 Å². The summed E-state index contributed by atoms with van der Waals surface area (Å²) in [4.78, 5) is 33.3. The second-order valence-corrected chi connectivity index (χ2v) is 10.2. The molecule has 2 aromatic rings. The van der Waals surface area contributed by atoms with Gasteiger partial charge in [-0.05, 0) is 76.4 Å². The summed E-state index contributed by atoms with van der Waals surface area (Å²) in [5.74, 6) is -0.213. The lowest BCUT2D eigenvalue weighted by Gasteiger charge is -2.41. The average molecular weight is 477 g/mol. The van der Waals surface area contributed by atoms with E-state index < -0.39 is 0 Å². The van der Waals surface area contributed by atoms with Gasteiger partial charge in [0.05, 0.1) is 35.3 Å². The topological polar surface area (TPSA) is 76.1 Å². The fourth-order valence-electron chi connectivity index (χ4n) is 5.92. The van der Waals surface area contributed by atoms with Gasteiger partial charge in [-0.25, -0.2) is 0 Å². The number of rotatable bonds is 5. The number of para-hydroxylation sites is 3. The number of likely N-dealkylation sites (N-methyl/N-ethyl adjacent to an activating group) is 1. The van der Waals surface area contributed by atoms with Crippen LogP contribution in [0.15, 0.2) is 48.5 Å². The molecule has 1 aliphatic carbocycles. The molecule has 7 heteroatoms. The van der Waals surface area contributed by atoms with Crippen molar-refractivity contribution in [2.45, 2.75) is 63.1 Å². The van der Waals surface area contributed by atoms with Gasteiger partial charge in [0.1, 0.15) is 0 Å². The summed E-state index contributed by atoms with van der Waals surface area (Å²) in [6.07, 6.45) is 7.03. The molecule has 2 amide bonds. The third kappa shape index (κ3) is 5.13. The number of hydrogen-bond donors (Lipinski definition) is 2. The Morgan fingerprint density at radius 3 is 2.51 bits per heavy atom. The lowest BCUT2D eigenvalue weighted by molar-refractivity contribution is -0.120. The molecule has 1 unspecified atom stereocenters. The zero-order chi connectivity index (χ0) is 24.4. The van der Waals surface area contributed by atoms with Crippen LogP contribution in [-0.2, 0) is 4.79 Å². The van der Waals surface area contributed by atoms with Gasteiger partial charge >= 0.3 is 0 Å². The Labute approximate surface area is 207 Å². The van der Waals surface area contributed by atoms with Crippen LogP contribution in [0.1, 0.15) is 55.3 Å². The number of amides is 2. The SMILES string of the molecule is CN(CC1CCCCN1CC(=O)N1c2ccccc2NC(=O)c2ccccc21)C1CCC(O)CC1. The molecule has 0 aromatic heterocycles. The molecule has 1 saturated heterocycles. The smallest absolute Gasteiger partial charge is 0.257 e. The molecule has 7 nitrogen and oxygen atoms in total. The van der Waals surface area contributed by atoms with Crippen molar-refractivity contribution in [3.8, 4) is 0 Å². The molecule has 1 atom stereocenters. The standard InChI is InChI=1S/C28H36N4O3/c1-30(20-13-15-22(33)16-14-20)18-21-8-6-7-17-31(21)19-27(34)32-25-11-4-2-9-23(25)28(35)29-24-10-3-5-12-26(24)32/h2-5,9-12,20-22,33H,6-8,13-19H2,1H3,(H,29,35). The summed E-state index contributed by atoms with van der Waals surface area (Å²) < 4.78 is 0. The first kappa shape index (κ1) is 24.0. The number of piperidine rings is 1. The van der Waals surface area contributed by atoms with Crippen molar-refractivity contribution in [3.05, 3.63) is 54.1 Å². The normalized spacial score (nSPS) is 24.9. The molecule has 0 bridgehead atoms. The highest BCUT2D eigenvalue weighted by molar-refractivity contribution is 6.17. The lowest BCUT2D eigenvalue weighted by atomic mass is 9.91. The summed E-state index contributed by atoms with van der Waals surface area (Å²) in [6, 6.07) is 15.7. The summed E-state index contributed by atoms with van der Waals surface area (Å²) in [6.45, 7) is 2.15. The predicted molar refractivity (Wildman–Crippen MR) is 138 cm³/mol. The number of carbonyl (C=O) groups is 2. The molecule has 2 N–H and O–H groups in total. The van der Waals surface area contributed by atoms with Crippen LogP contribution in [0.4, 0.5) is 17.1 Å². The molecule has 2 aliphatic heterocycles. The molecule has 186 valence electrons. The van der Waals surface area contributed by atoms with Gasteiger partial charge in [-0.1, -0.05) is 30.7 Å². The van der Waals surface area contributed by atoms with Gasteiger partial charge in [0.25, 0.3) is 5.91 Å². The van der Waals surface area contributed by atoms with E-state index in [1.165, 1.54) is 6.42 Å². The molecule has 0 radical (unpaired) electrons. The van der Waals surface area contributed by atoms with Gasteiger partial charge in [0.15, 0.2) is 0 Å². The number of fused-ring (bicyclic) bond motifs is 2. The number of aliphatic hydroxyl groups is 1. The first-order chi connectivity index (χ1) is 17.0. The highest BCUT2D eigenvalue weighted by atomic mass is 16.3. The summed E-state index contributed by atoms with van der Waals surface area (Å²) in [5.41, 5.74) is 2.50. The van der Waals surface area contributed by atoms with Gasteiger partial charge in [0.2, 0.25) is 5.91 Å². The summed E-state index contributed by atoms with van der Waals surface area (Å²) >= 11 is 0. The van der Waals surface area contributed by atoms with Crippen molar-refractivity contribution < 1.29 is 14.7 Å². The van der Waals surface area contributed by atoms with Gasteiger partial charge in [0, 0.05) is 18.6 Å². The monoisotopic (exact) mass is 476 g/mol. The maximum Gasteiger partial charge on any atom is 0.257 e. The predicted octanol–water partition coefficient (Wildman–Crippen LogP) is 4.01. The summed E-state index contributed by atoms with van der Waals surface area (Å²) in [5, 5.41) is 12.8. The Kier molecular flexibility index (Phi) is 7.18. The molecule has 2 aromatic carbocycles. The zero-order valence-electron chi connectivity index (χ0n) is 20.5. The maximum atomic E-state index is 13.9. The van der Waals surface area contributed by atoms with Gasteiger partial charge in [-0.2, -0.15) is 0 Å². The minimum atomic E-state index is -0.196. The van der Waals surface area contributed by atoms with E-state index in [1.807, 2.05) is 42.5 Å². The van der Waals surface area contributed by atoms with Crippen molar-refractivity contribution in [1.29, 1.82) is 0 Å². The first-order valence-corrected chi connectivity index (χ1v) is 13.0. The number of carbonyl (C=O) groups excluding carboxylic acids is 2. The van der Waals surface area contributed by atoms with Crippen LogP contribution in [-0.4, -0.2) is 71.6 Å². The zero-order valence-corrected chi connectivity index (χ0v) is 20.5. The van der Waals surface area contributed by atoms with E-state index in [0.29, 0.717) is 41.3 Å². The van der Waals surface area contributed by atoms with Crippen LogP contribution in [0.2, 0.25) is 0 Å². The van der Waals surface area contributed by atoms with Gasteiger partial charge < -0.3 is 15.3 Å². The van der Waals surface area contributed by atoms with Crippen molar-refractivity contribution in [2.24, 2.45) is 0 Å². The van der Waals surface area contributed by atoms with E-state index in [0.717, 1.165) is 51.6 Å². The first-order valence-electron chi connectivity index (χ1n) is 13.0. The van der Waals surface area contributed by atoms with Crippen LogP contribution in [0, 0.1) is 0 Å². The highest BCUT2D eigenvalue weighted by Crippen LogP contribution is 2.38. The van der Waals surface area contributed by atoms with Crippen molar-refractivity contribution >= 4 is 28.9 Å². The molecule has 0 spiro atoms. The lowest BCUT2D eigenvalue weighted by Crippen LogP contribution is -2.51. The van der Waals surface area contributed by atoms with Crippen LogP contribution in [0.25, 0.3) is 0 Å². The van der Waals surface area contributed by atoms with Crippen molar-refractivity contribution in [1.82, 2.24) is 9.80 Å². The number of likely N-dealkylation sites (tertiary alicyclic amines) is 1. The van der Waals surface area contributed by atoms with Crippen LogP contribution in [0.3, 0.4) is 0 Å². The summed E-state index contributed by atoms with van der Waals surface area (Å²) in [7, 11) is 2.19. The van der Waals surface area contributed by atoms with E-state index >= 15 is 0 Å². The molecule has 5 rings (SSSR count). The second-order valence-electron chi connectivity index (χ2n) is 10.2. The number of benzene rings is 2. The molecule has 2 fully saturated rings. The number of aliphatic hydroxyl groups excluding tert-OH is 1. The Balaban J connectivity index is 1.36. The van der Waals surface area contributed by atoms with Crippen LogP contribution in [0.5, 0.6) is 0 Å². The molecule has 2 heterocycles.